The highest BCUT2D eigenvalue weighted by Gasteiger charge is 2.22. The maximum absolute atomic E-state index is 14.0. The van der Waals surface area contributed by atoms with Crippen LogP contribution in [0.4, 0.5) is 8.78 Å². The third kappa shape index (κ3) is 4.79. The monoisotopic (exact) mass is 394 g/mol. The van der Waals surface area contributed by atoms with Gasteiger partial charge in [0.25, 0.3) is 0 Å². The SMILES string of the molecule is CCCCCC1CCC(c2ccc(C3=CCc4c(F)cc(F)cc4C3)cc2)CC1. The lowest BCUT2D eigenvalue weighted by molar-refractivity contribution is 0.303. The van der Waals surface area contributed by atoms with Gasteiger partial charge in [0.1, 0.15) is 11.6 Å². The van der Waals surface area contributed by atoms with E-state index in [-0.39, 0.29) is 0 Å². The summed E-state index contributed by atoms with van der Waals surface area (Å²) in [7, 11) is 0. The second-order valence-corrected chi connectivity index (χ2v) is 8.97. The highest BCUT2D eigenvalue weighted by atomic mass is 19.1. The van der Waals surface area contributed by atoms with Crippen LogP contribution in [0.15, 0.2) is 42.5 Å². The molecule has 2 aromatic carbocycles. The average Bonchev–Trinajstić information content (AvgIpc) is 2.74. The van der Waals surface area contributed by atoms with Gasteiger partial charge in [0.15, 0.2) is 0 Å². The largest absolute Gasteiger partial charge is 0.207 e. The molecule has 0 atom stereocenters. The third-order valence-corrected chi connectivity index (χ3v) is 7.00. The molecule has 2 heteroatoms. The maximum Gasteiger partial charge on any atom is 0.129 e. The fourth-order valence-corrected chi connectivity index (χ4v) is 5.20. The van der Waals surface area contributed by atoms with Gasteiger partial charge in [-0.15, -0.1) is 0 Å². The van der Waals surface area contributed by atoms with Gasteiger partial charge in [0.2, 0.25) is 0 Å². The Morgan fingerprint density at radius 3 is 2.41 bits per heavy atom. The molecule has 0 amide bonds. The van der Waals surface area contributed by atoms with Gasteiger partial charge in [0, 0.05) is 6.07 Å². The van der Waals surface area contributed by atoms with Gasteiger partial charge < -0.3 is 0 Å². The van der Waals surface area contributed by atoms with Crippen molar-refractivity contribution >= 4 is 5.57 Å². The Balaban J connectivity index is 1.37. The number of rotatable bonds is 6. The van der Waals surface area contributed by atoms with Gasteiger partial charge in [-0.3, -0.25) is 0 Å². The number of benzene rings is 2. The average molecular weight is 395 g/mol. The molecule has 0 spiro atoms. The summed E-state index contributed by atoms with van der Waals surface area (Å²) in [4.78, 5) is 0. The molecule has 2 aromatic rings. The van der Waals surface area contributed by atoms with Crippen molar-refractivity contribution in [1.82, 2.24) is 0 Å². The summed E-state index contributed by atoms with van der Waals surface area (Å²) >= 11 is 0. The minimum Gasteiger partial charge on any atom is -0.207 e. The van der Waals surface area contributed by atoms with Crippen LogP contribution in [-0.2, 0) is 12.8 Å². The highest BCUT2D eigenvalue weighted by Crippen LogP contribution is 2.38. The first kappa shape index (κ1) is 20.3. The molecule has 0 radical (unpaired) electrons. The first-order valence-corrected chi connectivity index (χ1v) is 11.4. The van der Waals surface area contributed by atoms with Crippen molar-refractivity contribution in [1.29, 1.82) is 0 Å². The Bertz CT molecular complexity index is 855. The molecule has 0 aliphatic heterocycles. The van der Waals surface area contributed by atoms with Gasteiger partial charge in [-0.25, -0.2) is 8.78 Å². The quantitative estimate of drug-likeness (QED) is 0.435. The van der Waals surface area contributed by atoms with Gasteiger partial charge in [-0.05, 0) is 84.3 Å². The molecule has 0 nitrogen and oxygen atoms in total. The third-order valence-electron chi connectivity index (χ3n) is 7.00. The molecule has 0 N–H and O–H groups in total. The maximum atomic E-state index is 14.0. The van der Waals surface area contributed by atoms with Gasteiger partial charge >= 0.3 is 0 Å². The second-order valence-electron chi connectivity index (χ2n) is 8.97. The predicted molar refractivity (Wildman–Crippen MR) is 117 cm³/mol. The van der Waals surface area contributed by atoms with E-state index in [4.69, 9.17) is 0 Å². The second kappa shape index (κ2) is 9.24. The van der Waals surface area contributed by atoms with E-state index in [1.165, 1.54) is 74.1 Å². The number of allylic oxidation sites excluding steroid dienone is 2. The zero-order valence-corrected chi connectivity index (χ0v) is 17.5. The Hall–Kier alpha value is -1.96. The van der Waals surface area contributed by atoms with E-state index in [0.717, 1.165) is 17.5 Å². The summed E-state index contributed by atoms with van der Waals surface area (Å²) in [5.74, 6) is 0.722. The van der Waals surface area contributed by atoms with E-state index >= 15 is 0 Å². The summed E-state index contributed by atoms with van der Waals surface area (Å²) in [6, 6.07) is 11.4. The Kier molecular flexibility index (Phi) is 6.47. The first-order chi connectivity index (χ1) is 14.1. The molecule has 1 fully saturated rings. The Morgan fingerprint density at radius 2 is 1.69 bits per heavy atom. The lowest BCUT2D eigenvalue weighted by Gasteiger charge is -2.29. The predicted octanol–water partition coefficient (Wildman–Crippen LogP) is 8.00. The van der Waals surface area contributed by atoms with Crippen LogP contribution < -0.4 is 0 Å². The van der Waals surface area contributed by atoms with Crippen LogP contribution in [0.2, 0.25) is 0 Å². The summed E-state index contributed by atoms with van der Waals surface area (Å²) in [5, 5.41) is 0. The zero-order chi connectivity index (χ0) is 20.2. The summed E-state index contributed by atoms with van der Waals surface area (Å²) in [6.45, 7) is 2.28. The molecule has 2 aliphatic rings. The molecule has 1 saturated carbocycles. The molecule has 0 heterocycles. The highest BCUT2D eigenvalue weighted by molar-refractivity contribution is 5.70. The van der Waals surface area contributed by atoms with Crippen molar-refractivity contribution in [3.05, 3.63) is 76.4 Å². The van der Waals surface area contributed by atoms with Crippen LogP contribution in [0.3, 0.4) is 0 Å². The molecular formula is C27H32F2. The number of hydrogen-bond donors (Lipinski definition) is 0. The minimum absolute atomic E-state index is 0.420. The van der Waals surface area contributed by atoms with Crippen molar-refractivity contribution < 1.29 is 8.78 Å². The van der Waals surface area contributed by atoms with Crippen molar-refractivity contribution in [2.75, 3.05) is 0 Å². The van der Waals surface area contributed by atoms with E-state index in [2.05, 4.69) is 37.3 Å². The van der Waals surface area contributed by atoms with Crippen LogP contribution in [0.1, 0.15) is 86.5 Å². The van der Waals surface area contributed by atoms with E-state index in [9.17, 15) is 8.78 Å². The van der Waals surface area contributed by atoms with Crippen molar-refractivity contribution in [2.45, 2.75) is 77.0 Å². The Morgan fingerprint density at radius 1 is 0.931 bits per heavy atom. The molecule has 0 saturated heterocycles. The number of hydrogen-bond acceptors (Lipinski definition) is 0. The minimum atomic E-state index is -0.483. The molecular weight excluding hydrogens is 362 g/mol. The lowest BCUT2D eigenvalue weighted by Crippen LogP contribution is -2.13. The van der Waals surface area contributed by atoms with Crippen LogP contribution in [0.5, 0.6) is 0 Å². The molecule has 154 valence electrons. The number of unbranched alkanes of at least 4 members (excludes halogenated alkanes) is 2. The molecule has 0 bridgehead atoms. The van der Waals surface area contributed by atoms with Crippen molar-refractivity contribution in [3.63, 3.8) is 0 Å². The van der Waals surface area contributed by atoms with E-state index in [1.54, 1.807) is 0 Å². The molecule has 0 aromatic heterocycles. The lowest BCUT2D eigenvalue weighted by atomic mass is 9.76. The Labute approximate surface area is 174 Å². The molecule has 0 unspecified atom stereocenters. The van der Waals surface area contributed by atoms with Crippen LogP contribution >= 0.6 is 0 Å². The summed E-state index contributed by atoms with van der Waals surface area (Å²) in [5.41, 5.74) is 5.23. The fraction of sp³-hybridized carbons (Fsp3) is 0.481. The molecule has 4 rings (SSSR count). The standard InChI is InChI=1S/C27H32F2/c1-2-3-4-5-19-6-8-20(9-7-19)21-10-12-22(13-11-21)23-14-15-26-24(16-23)17-25(28)18-27(26)29/h10-14,17-20H,2-9,15-16H2,1H3. The topological polar surface area (TPSA) is 0 Å². The fourth-order valence-electron chi connectivity index (χ4n) is 5.20. The van der Waals surface area contributed by atoms with Crippen LogP contribution in [-0.4, -0.2) is 0 Å². The smallest absolute Gasteiger partial charge is 0.129 e. The van der Waals surface area contributed by atoms with Gasteiger partial charge in [0.05, 0.1) is 0 Å². The first-order valence-electron chi connectivity index (χ1n) is 11.4. The summed E-state index contributed by atoms with van der Waals surface area (Å²) < 4.78 is 27.6. The molecule has 2 aliphatic carbocycles. The van der Waals surface area contributed by atoms with E-state index in [1.807, 2.05) is 0 Å². The normalized spacial score (nSPS) is 21.6. The number of halogens is 2. The van der Waals surface area contributed by atoms with E-state index < -0.39 is 11.6 Å². The number of fused-ring (bicyclic) bond motifs is 1. The van der Waals surface area contributed by atoms with Crippen LogP contribution in [0.25, 0.3) is 5.57 Å². The molecule has 29 heavy (non-hydrogen) atoms. The van der Waals surface area contributed by atoms with Crippen LogP contribution in [0, 0.1) is 17.6 Å². The zero-order valence-electron chi connectivity index (χ0n) is 17.5. The van der Waals surface area contributed by atoms with Crippen molar-refractivity contribution in [3.8, 4) is 0 Å². The van der Waals surface area contributed by atoms with Crippen molar-refractivity contribution in [2.24, 2.45) is 5.92 Å². The van der Waals surface area contributed by atoms with E-state index in [0.29, 0.717) is 24.3 Å². The van der Waals surface area contributed by atoms with Gasteiger partial charge in [-0.1, -0.05) is 62.9 Å². The van der Waals surface area contributed by atoms with Gasteiger partial charge in [-0.2, -0.15) is 0 Å². The summed E-state index contributed by atoms with van der Waals surface area (Å²) in [6.07, 6.45) is 14.1.